The fourth-order valence-electron chi connectivity index (χ4n) is 3.39. The minimum atomic E-state index is -2.32. The van der Waals surface area contributed by atoms with Crippen LogP contribution < -0.4 is 0 Å². The highest BCUT2D eigenvalue weighted by atomic mass is 19.3. The molecule has 140 valence electrons. The maximum atomic E-state index is 13.4. The maximum Gasteiger partial charge on any atom is 0.253 e. The fraction of sp³-hybridized carbons (Fsp3) is 0.941. The SMILES string of the molecule is CC(C)CC(=O)N1CCN(CCC(C(F)F)N2CCOCC2)CC1. The summed E-state index contributed by atoms with van der Waals surface area (Å²) in [5.74, 6) is 0.583. The number of morpholine rings is 1. The smallest absolute Gasteiger partial charge is 0.253 e. The summed E-state index contributed by atoms with van der Waals surface area (Å²) in [4.78, 5) is 18.0. The minimum absolute atomic E-state index is 0.212. The molecule has 2 heterocycles. The number of halogens is 2. The fourth-order valence-corrected chi connectivity index (χ4v) is 3.39. The summed E-state index contributed by atoms with van der Waals surface area (Å²) in [6.07, 6.45) is -1.26. The number of hydrogen-bond donors (Lipinski definition) is 0. The second-order valence-corrected chi connectivity index (χ2v) is 7.16. The van der Waals surface area contributed by atoms with E-state index in [1.54, 1.807) is 0 Å². The molecule has 1 amide bonds. The average molecular weight is 347 g/mol. The molecule has 0 radical (unpaired) electrons. The predicted molar refractivity (Wildman–Crippen MR) is 89.3 cm³/mol. The first-order valence-electron chi connectivity index (χ1n) is 9.07. The normalized spacial score (nSPS) is 22.3. The van der Waals surface area contributed by atoms with Crippen LogP contribution in [-0.4, -0.2) is 92.1 Å². The van der Waals surface area contributed by atoms with Crippen LogP contribution in [0, 0.1) is 5.92 Å². The van der Waals surface area contributed by atoms with Crippen LogP contribution in [0.3, 0.4) is 0 Å². The molecule has 2 aliphatic heterocycles. The van der Waals surface area contributed by atoms with E-state index in [1.165, 1.54) is 0 Å². The highest BCUT2D eigenvalue weighted by molar-refractivity contribution is 5.76. The van der Waals surface area contributed by atoms with Crippen LogP contribution in [0.1, 0.15) is 26.7 Å². The third-order valence-electron chi connectivity index (χ3n) is 4.85. The van der Waals surface area contributed by atoms with Gasteiger partial charge in [0.25, 0.3) is 6.43 Å². The van der Waals surface area contributed by atoms with E-state index in [0.29, 0.717) is 64.7 Å². The Labute approximate surface area is 143 Å². The summed E-state index contributed by atoms with van der Waals surface area (Å²) in [5.41, 5.74) is 0. The van der Waals surface area contributed by atoms with Crippen molar-refractivity contribution in [2.24, 2.45) is 5.92 Å². The lowest BCUT2D eigenvalue weighted by Gasteiger charge is -2.38. The number of carbonyl (C=O) groups is 1. The lowest BCUT2D eigenvalue weighted by Crippen LogP contribution is -2.51. The molecule has 0 spiro atoms. The third-order valence-corrected chi connectivity index (χ3v) is 4.85. The summed E-state index contributed by atoms with van der Waals surface area (Å²) in [6.45, 7) is 10.0. The number of ether oxygens (including phenoxy) is 1. The van der Waals surface area contributed by atoms with E-state index in [1.807, 2.05) is 23.6 Å². The van der Waals surface area contributed by atoms with E-state index in [-0.39, 0.29) is 5.91 Å². The van der Waals surface area contributed by atoms with E-state index in [2.05, 4.69) is 4.90 Å². The second-order valence-electron chi connectivity index (χ2n) is 7.16. The van der Waals surface area contributed by atoms with Crippen LogP contribution in [0.25, 0.3) is 0 Å². The van der Waals surface area contributed by atoms with Gasteiger partial charge in [0.1, 0.15) is 0 Å². The van der Waals surface area contributed by atoms with Crippen molar-refractivity contribution in [1.82, 2.24) is 14.7 Å². The molecule has 1 unspecified atom stereocenters. The van der Waals surface area contributed by atoms with Crippen molar-refractivity contribution in [2.45, 2.75) is 39.2 Å². The first-order chi connectivity index (χ1) is 11.5. The Bertz CT molecular complexity index is 382. The minimum Gasteiger partial charge on any atom is -0.379 e. The van der Waals surface area contributed by atoms with Crippen molar-refractivity contribution >= 4 is 5.91 Å². The number of rotatable bonds is 7. The highest BCUT2D eigenvalue weighted by Gasteiger charge is 2.30. The number of nitrogens with zero attached hydrogens (tertiary/aromatic N) is 3. The molecule has 0 bridgehead atoms. The topological polar surface area (TPSA) is 36.0 Å². The average Bonchev–Trinajstić information content (AvgIpc) is 2.55. The molecule has 0 aromatic carbocycles. The molecular formula is C17H31F2N3O2. The summed E-state index contributed by atoms with van der Waals surface area (Å²) in [7, 11) is 0. The van der Waals surface area contributed by atoms with Gasteiger partial charge in [-0.25, -0.2) is 8.78 Å². The van der Waals surface area contributed by atoms with Crippen LogP contribution in [0.4, 0.5) is 8.78 Å². The van der Waals surface area contributed by atoms with Gasteiger partial charge in [0.15, 0.2) is 0 Å². The van der Waals surface area contributed by atoms with Crippen LogP contribution in [0.5, 0.6) is 0 Å². The van der Waals surface area contributed by atoms with Crippen LogP contribution in [0.15, 0.2) is 0 Å². The Hall–Kier alpha value is -0.790. The zero-order chi connectivity index (χ0) is 17.5. The molecule has 0 aliphatic carbocycles. The van der Waals surface area contributed by atoms with Gasteiger partial charge in [-0.05, 0) is 18.9 Å². The molecule has 2 fully saturated rings. The van der Waals surface area contributed by atoms with Crippen LogP contribution >= 0.6 is 0 Å². The van der Waals surface area contributed by atoms with Gasteiger partial charge in [-0.15, -0.1) is 0 Å². The Morgan fingerprint density at radius 2 is 1.67 bits per heavy atom. The number of hydrogen-bond acceptors (Lipinski definition) is 4. The number of alkyl halides is 2. The number of piperazine rings is 1. The van der Waals surface area contributed by atoms with E-state index in [0.717, 1.165) is 13.1 Å². The molecule has 2 rings (SSSR count). The lowest BCUT2D eigenvalue weighted by atomic mass is 10.1. The van der Waals surface area contributed by atoms with Crippen molar-refractivity contribution in [1.29, 1.82) is 0 Å². The predicted octanol–water partition coefficient (Wildman–Crippen LogP) is 1.53. The largest absolute Gasteiger partial charge is 0.379 e. The van der Waals surface area contributed by atoms with Gasteiger partial charge in [-0.2, -0.15) is 0 Å². The van der Waals surface area contributed by atoms with Crippen LogP contribution in [0.2, 0.25) is 0 Å². The van der Waals surface area contributed by atoms with Gasteiger partial charge in [0.05, 0.1) is 19.3 Å². The first kappa shape index (κ1) is 19.5. The van der Waals surface area contributed by atoms with Crippen molar-refractivity contribution in [3.8, 4) is 0 Å². The van der Waals surface area contributed by atoms with E-state index >= 15 is 0 Å². The number of amides is 1. The zero-order valence-electron chi connectivity index (χ0n) is 14.9. The molecule has 2 aliphatic rings. The first-order valence-corrected chi connectivity index (χ1v) is 9.07. The Balaban J connectivity index is 1.73. The second kappa shape index (κ2) is 9.63. The van der Waals surface area contributed by atoms with Gasteiger partial charge in [-0.1, -0.05) is 13.8 Å². The van der Waals surface area contributed by atoms with E-state index in [4.69, 9.17) is 4.74 Å². The van der Waals surface area contributed by atoms with Gasteiger partial charge < -0.3 is 9.64 Å². The number of carbonyl (C=O) groups excluding carboxylic acids is 1. The van der Waals surface area contributed by atoms with Crippen LogP contribution in [-0.2, 0) is 9.53 Å². The van der Waals surface area contributed by atoms with Crippen molar-refractivity contribution in [3.05, 3.63) is 0 Å². The van der Waals surface area contributed by atoms with Gasteiger partial charge >= 0.3 is 0 Å². The van der Waals surface area contributed by atoms with Crippen molar-refractivity contribution in [2.75, 3.05) is 59.0 Å². The third kappa shape index (κ3) is 5.93. The molecule has 5 nitrogen and oxygen atoms in total. The Morgan fingerprint density at radius 3 is 2.21 bits per heavy atom. The molecule has 7 heteroatoms. The molecule has 1 atom stereocenters. The summed E-state index contributed by atoms with van der Waals surface area (Å²) >= 11 is 0. The monoisotopic (exact) mass is 347 g/mol. The Morgan fingerprint density at radius 1 is 1.04 bits per heavy atom. The quantitative estimate of drug-likeness (QED) is 0.700. The van der Waals surface area contributed by atoms with Gasteiger partial charge in [-0.3, -0.25) is 14.6 Å². The molecule has 24 heavy (non-hydrogen) atoms. The molecule has 0 aromatic rings. The highest BCUT2D eigenvalue weighted by Crippen LogP contribution is 2.17. The van der Waals surface area contributed by atoms with E-state index < -0.39 is 12.5 Å². The summed E-state index contributed by atoms with van der Waals surface area (Å²) < 4.78 is 32.0. The van der Waals surface area contributed by atoms with Gasteiger partial charge in [0.2, 0.25) is 5.91 Å². The van der Waals surface area contributed by atoms with Gasteiger partial charge in [0, 0.05) is 45.7 Å². The van der Waals surface area contributed by atoms with Crippen molar-refractivity contribution in [3.63, 3.8) is 0 Å². The lowest BCUT2D eigenvalue weighted by molar-refractivity contribution is -0.133. The molecule has 2 saturated heterocycles. The Kier molecular flexibility index (Phi) is 7.84. The van der Waals surface area contributed by atoms with E-state index in [9.17, 15) is 13.6 Å². The molecule has 0 N–H and O–H groups in total. The summed E-state index contributed by atoms with van der Waals surface area (Å²) in [6, 6.07) is -0.686. The molecule has 0 saturated carbocycles. The zero-order valence-corrected chi connectivity index (χ0v) is 14.9. The molecule has 0 aromatic heterocycles. The standard InChI is InChI=1S/C17H31F2N3O2/c1-14(2)13-16(23)22-7-5-20(6-8-22)4-3-15(17(18)19)21-9-11-24-12-10-21/h14-15,17H,3-13H2,1-2H3. The maximum absolute atomic E-state index is 13.4. The summed E-state index contributed by atoms with van der Waals surface area (Å²) in [5, 5.41) is 0. The molecular weight excluding hydrogens is 316 g/mol. The van der Waals surface area contributed by atoms with Crippen molar-refractivity contribution < 1.29 is 18.3 Å².